The molecule has 21 heavy (non-hydrogen) atoms. The second-order valence-corrected chi connectivity index (χ2v) is 4.23. The average Bonchev–Trinajstić information content (AvgIpc) is 2.95. The third kappa shape index (κ3) is 2.58. The number of hydrogen-bond acceptors (Lipinski definition) is 4. The molecule has 1 aliphatic rings. The summed E-state index contributed by atoms with van der Waals surface area (Å²) in [5.41, 5.74) is 9.66. The third-order valence-corrected chi connectivity index (χ3v) is 2.93. The van der Waals surface area contributed by atoms with Gasteiger partial charge in [-0.05, 0) is 23.7 Å². The highest BCUT2D eigenvalue weighted by molar-refractivity contribution is 6.07. The van der Waals surface area contributed by atoms with Gasteiger partial charge in [-0.25, -0.2) is 0 Å². The van der Waals surface area contributed by atoms with Gasteiger partial charge in [0, 0.05) is 22.2 Å². The minimum absolute atomic E-state index is 0.173. The van der Waals surface area contributed by atoms with Crippen LogP contribution in [0.25, 0.3) is 10.4 Å². The maximum Gasteiger partial charge on any atom is 0.256 e. The van der Waals surface area contributed by atoms with E-state index in [2.05, 4.69) is 15.3 Å². The van der Waals surface area contributed by atoms with Crippen LogP contribution in [0.4, 0.5) is 11.4 Å². The van der Waals surface area contributed by atoms with Crippen molar-refractivity contribution in [2.45, 2.75) is 0 Å². The van der Waals surface area contributed by atoms with Gasteiger partial charge in [-0.2, -0.15) is 0 Å². The first-order valence-electron chi connectivity index (χ1n) is 6.13. The van der Waals surface area contributed by atoms with E-state index >= 15 is 0 Å². The molecule has 0 saturated heterocycles. The SMILES string of the molecule is [N-]=[N+]=Nc1ccccc1C(=O)Nc1ccc2c(c1)OCO2. The van der Waals surface area contributed by atoms with Gasteiger partial charge in [-0.1, -0.05) is 23.3 Å². The minimum Gasteiger partial charge on any atom is -0.454 e. The highest BCUT2D eigenvalue weighted by atomic mass is 16.7. The van der Waals surface area contributed by atoms with Crippen LogP contribution < -0.4 is 14.8 Å². The smallest absolute Gasteiger partial charge is 0.256 e. The van der Waals surface area contributed by atoms with Crippen molar-refractivity contribution in [1.29, 1.82) is 0 Å². The van der Waals surface area contributed by atoms with E-state index in [1.807, 2.05) is 0 Å². The molecule has 104 valence electrons. The number of azide groups is 1. The standard InChI is InChI=1S/C14H10N4O3/c15-18-17-11-4-2-1-3-10(11)14(19)16-9-5-6-12-13(7-9)21-8-20-12/h1-7H,8H2,(H,16,19). The summed E-state index contributed by atoms with van der Waals surface area (Å²) in [6.07, 6.45) is 0. The highest BCUT2D eigenvalue weighted by Gasteiger charge is 2.15. The molecule has 0 fully saturated rings. The molecule has 3 rings (SSSR count). The summed E-state index contributed by atoms with van der Waals surface area (Å²) in [6.45, 7) is 0.173. The molecule has 2 aromatic carbocycles. The van der Waals surface area contributed by atoms with Gasteiger partial charge in [0.2, 0.25) is 6.79 Å². The Kier molecular flexibility index (Phi) is 3.32. The lowest BCUT2D eigenvalue weighted by Gasteiger charge is -2.07. The van der Waals surface area contributed by atoms with E-state index < -0.39 is 0 Å². The molecule has 7 nitrogen and oxygen atoms in total. The van der Waals surface area contributed by atoms with Crippen molar-refractivity contribution in [2.75, 3.05) is 12.1 Å². The molecule has 2 aromatic rings. The number of anilines is 1. The molecular formula is C14H10N4O3. The molecule has 7 heteroatoms. The summed E-state index contributed by atoms with van der Waals surface area (Å²) in [6, 6.07) is 11.7. The number of nitrogens with zero attached hydrogens (tertiary/aromatic N) is 3. The molecule has 0 aromatic heterocycles. The number of nitrogens with one attached hydrogen (secondary N) is 1. The lowest BCUT2D eigenvalue weighted by molar-refractivity contribution is 0.102. The lowest BCUT2D eigenvalue weighted by Crippen LogP contribution is -2.11. The first-order chi connectivity index (χ1) is 10.3. The number of ether oxygens (including phenoxy) is 2. The molecule has 1 heterocycles. The molecule has 0 aliphatic carbocycles. The number of fused-ring (bicyclic) bond motifs is 1. The second-order valence-electron chi connectivity index (χ2n) is 4.23. The molecule has 0 unspecified atom stereocenters. The minimum atomic E-state index is -0.364. The fourth-order valence-corrected chi connectivity index (χ4v) is 1.97. The quantitative estimate of drug-likeness (QED) is 0.529. The van der Waals surface area contributed by atoms with Gasteiger partial charge in [0.05, 0.1) is 5.69 Å². The Labute approximate surface area is 119 Å². The van der Waals surface area contributed by atoms with E-state index in [9.17, 15) is 4.79 Å². The molecular weight excluding hydrogens is 272 g/mol. The van der Waals surface area contributed by atoms with Crippen LogP contribution in [0, 0.1) is 0 Å². The molecule has 1 amide bonds. The Morgan fingerprint density at radius 1 is 1.19 bits per heavy atom. The number of amides is 1. The zero-order valence-electron chi connectivity index (χ0n) is 10.8. The molecule has 0 radical (unpaired) electrons. The molecule has 1 N–H and O–H groups in total. The van der Waals surface area contributed by atoms with Gasteiger partial charge in [0.15, 0.2) is 11.5 Å². The zero-order chi connectivity index (χ0) is 14.7. The van der Waals surface area contributed by atoms with E-state index in [-0.39, 0.29) is 18.4 Å². The summed E-state index contributed by atoms with van der Waals surface area (Å²) in [4.78, 5) is 15.0. The number of carbonyl (C=O) groups excluding carboxylic acids is 1. The van der Waals surface area contributed by atoms with Crippen molar-refractivity contribution in [1.82, 2.24) is 0 Å². The Morgan fingerprint density at radius 2 is 2.00 bits per heavy atom. The van der Waals surface area contributed by atoms with Crippen LogP contribution >= 0.6 is 0 Å². The number of hydrogen-bond donors (Lipinski definition) is 1. The van der Waals surface area contributed by atoms with Gasteiger partial charge in [-0.15, -0.1) is 0 Å². The normalized spacial score (nSPS) is 11.6. The van der Waals surface area contributed by atoms with Crippen LogP contribution in [-0.2, 0) is 0 Å². The van der Waals surface area contributed by atoms with Crippen LogP contribution in [0.3, 0.4) is 0 Å². The van der Waals surface area contributed by atoms with Crippen LogP contribution in [0.1, 0.15) is 10.4 Å². The summed E-state index contributed by atoms with van der Waals surface area (Å²) in [7, 11) is 0. The van der Waals surface area contributed by atoms with Crippen LogP contribution in [0.15, 0.2) is 47.6 Å². The third-order valence-electron chi connectivity index (χ3n) is 2.93. The van der Waals surface area contributed by atoms with E-state index in [0.29, 0.717) is 22.7 Å². The predicted molar refractivity (Wildman–Crippen MR) is 75.8 cm³/mol. The molecule has 0 spiro atoms. The molecule has 1 aliphatic heterocycles. The first kappa shape index (κ1) is 12.8. The van der Waals surface area contributed by atoms with Crippen molar-refractivity contribution < 1.29 is 14.3 Å². The topological polar surface area (TPSA) is 96.3 Å². The van der Waals surface area contributed by atoms with Gasteiger partial charge in [0.1, 0.15) is 0 Å². The monoisotopic (exact) mass is 282 g/mol. The van der Waals surface area contributed by atoms with Crippen LogP contribution in [-0.4, -0.2) is 12.7 Å². The summed E-state index contributed by atoms with van der Waals surface area (Å²) in [5, 5.41) is 6.23. The molecule has 0 bridgehead atoms. The summed E-state index contributed by atoms with van der Waals surface area (Å²) < 4.78 is 10.5. The summed E-state index contributed by atoms with van der Waals surface area (Å²) >= 11 is 0. The van der Waals surface area contributed by atoms with Gasteiger partial charge < -0.3 is 14.8 Å². The van der Waals surface area contributed by atoms with Crippen LogP contribution in [0.5, 0.6) is 11.5 Å². The van der Waals surface area contributed by atoms with Gasteiger partial charge in [0.25, 0.3) is 5.91 Å². The van der Waals surface area contributed by atoms with E-state index in [4.69, 9.17) is 15.0 Å². The number of benzene rings is 2. The fourth-order valence-electron chi connectivity index (χ4n) is 1.97. The number of rotatable bonds is 3. The van der Waals surface area contributed by atoms with Crippen LogP contribution in [0.2, 0.25) is 0 Å². The maximum absolute atomic E-state index is 12.2. The Morgan fingerprint density at radius 3 is 2.86 bits per heavy atom. The highest BCUT2D eigenvalue weighted by Crippen LogP contribution is 2.34. The van der Waals surface area contributed by atoms with Gasteiger partial charge in [-0.3, -0.25) is 4.79 Å². The van der Waals surface area contributed by atoms with Gasteiger partial charge >= 0.3 is 0 Å². The Balaban J connectivity index is 1.85. The van der Waals surface area contributed by atoms with E-state index in [1.54, 1.807) is 42.5 Å². The fraction of sp³-hybridized carbons (Fsp3) is 0.0714. The Hall–Kier alpha value is -3.18. The lowest BCUT2D eigenvalue weighted by atomic mass is 10.1. The van der Waals surface area contributed by atoms with Crippen molar-refractivity contribution in [3.8, 4) is 11.5 Å². The van der Waals surface area contributed by atoms with Crippen molar-refractivity contribution in [2.24, 2.45) is 5.11 Å². The summed E-state index contributed by atoms with van der Waals surface area (Å²) in [5.74, 6) is 0.857. The predicted octanol–water partition coefficient (Wildman–Crippen LogP) is 3.61. The zero-order valence-corrected chi connectivity index (χ0v) is 10.8. The Bertz CT molecular complexity index is 754. The maximum atomic E-state index is 12.2. The van der Waals surface area contributed by atoms with Crippen molar-refractivity contribution in [3.63, 3.8) is 0 Å². The van der Waals surface area contributed by atoms with E-state index in [0.717, 1.165) is 0 Å². The van der Waals surface area contributed by atoms with E-state index in [1.165, 1.54) is 0 Å². The first-order valence-corrected chi connectivity index (χ1v) is 6.13. The second kappa shape index (κ2) is 5.44. The largest absolute Gasteiger partial charge is 0.454 e. The van der Waals surface area contributed by atoms with Crippen molar-refractivity contribution in [3.05, 3.63) is 58.5 Å². The van der Waals surface area contributed by atoms with Crippen molar-refractivity contribution >= 4 is 17.3 Å². The molecule has 0 saturated carbocycles. The average molecular weight is 282 g/mol. The molecule has 0 atom stereocenters. The number of carbonyl (C=O) groups is 1.